The topological polar surface area (TPSA) is 58.0 Å². The maximum atomic E-state index is 12.3. The Balaban J connectivity index is 1.58. The minimum Gasteiger partial charge on any atom is -0.468 e. The van der Waals surface area contributed by atoms with E-state index in [0.29, 0.717) is 32.8 Å². The zero-order valence-corrected chi connectivity index (χ0v) is 13.0. The van der Waals surface area contributed by atoms with Gasteiger partial charge in [0.15, 0.2) is 0 Å². The Morgan fingerprint density at radius 1 is 1.18 bits per heavy atom. The summed E-state index contributed by atoms with van der Waals surface area (Å²) in [6.07, 6.45) is 5.43. The molecule has 2 amide bonds. The van der Waals surface area contributed by atoms with Crippen LogP contribution in [0, 0.1) is 0 Å². The molecule has 1 N–H and O–H groups in total. The second kappa shape index (κ2) is 7.65. The van der Waals surface area contributed by atoms with Gasteiger partial charge in [0.1, 0.15) is 5.76 Å². The number of rotatable bonds is 4. The third-order valence-electron chi connectivity index (χ3n) is 4.45. The Labute approximate surface area is 131 Å². The van der Waals surface area contributed by atoms with Gasteiger partial charge in [-0.25, -0.2) is 4.79 Å². The van der Waals surface area contributed by atoms with E-state index in [9.17, 15) is 4.79 Å². The maximum absolute atomic E-state index is 12.3. The molecule has 3 heterocycles. The molecule has 2 aliphatic rings. The number of hydrogen-bond acceptors (Lipinski definition) is 4. The van der Waals surface area contributed by atoms with Crippen LogP contribution in [0.25, 0.3) is 0 Å². The van der Waals surface area contributed by atoms with Crippen molar-refractivity contribution in [2.24, 2.45) is 0 Å². The SMILES string of the molecule is O=C(NC[C@H](c1ccco1)N1CCCCC1)N1CCOCC1. The number of furan rings is 1. The van der Waals surface area contributed by atoms with Gasteiger partial charge < -0.3 is 19.4 Å². The molecule has 0 bridgehead atoms. The minimum absolute atomic E-state index is 0.00290. The number of nitrogens with zero attached hydrogens (tertiary/aromatic N) is 2. The van der Waals surface area contributed by atoms with Gasteiger partial charge in [0.05, 0.1) is 25.5 Å². The summed E-state index contributed by atoms with van der Waals surface area (Å²) in [6, 6.07) is 4.04. The molecule has 2 saturated heterocycles. The van der Waals surface area contributed by atoms with Crippen LogP contribution in [0.5, 0.6) is 0 Å². The normalized spacial score (nSPS) is 21.5. The van der Waals surface area contributed by atoms with Crippen LogP contribution in [0.4, 0.5) is 4.79 Å². The van der Waals surface area contributed by atoms with Crippen LogP contribution in [-0.4, -0.2) is 61.8 Å². The van der Waals surface area contributed by atoms with Gasteiger partial charge in [0.2, 0.25) is 0 Å². The number of piperidine rings is 1. The fraction of sp³-hybridized carbons (Fsp3) is 0.688. The Morgan fingerprint density at radius 3 is 2.64 bits per heavy atom. The van der Waals surface area contributed by atoms with Gasteiger partial charge in [-0.2, -0.15) is 0 Å². The van der Waals surface area contributed by atoms with Crippen molar-refractivity contribution in [2.75, 3.05) is 45.9 Å². The lowest BCUT2D eigenvalue weighted by atomic mass is 10.1. The number of nitrogens with one attached hydrogen (secondary N) is 1. The molecule has 1 aromatic rings. The van der Waals surface area contributed by atoms with E-state index >= 15 is 0 Å². The van der Waals surface area contributed by atoms with Crippen LogP contribution in [0.15, 0.2) is 22.8 Å². The number of likely N-dealkylation sites (tertiary alicyclic amines) is 1. The number of urea groups is 1. The van der Waals surface area contributed by atoms with Crippen LogP contribution < -0.4 is 5.32 Å². The van der Waals surface area contributed by atoms with Crippen molar-refractivity contribution in [3.63, 3.8) is 0 Å². The summed E-state index contributed by atoms with van der Waals surface area (Å²) in [5.74, 6) is 0.934. The highest BCUT2D eigenvalue weighted by molar-refractivity contribution is 5.74. The van der Waals surface area contributed by atoms with E-state index in [2.05, 4.69) is 10.2 Å². The van der Waals surface area contributed by atoms with Crippen molar-refractivity contribution >= 4 is 6.03 Å². The quantitative estimate of drug-likeness (QED) is 0.922. The molecule has 3 rings (SSSR count). The first-order valence-corrected chi connectivity index (χ1v) is 8.22. The van der Waals surface area contributed by atoms with Crippen molar-refractivity contribution in [1.82, 2.24) is 15.1 Å². The summed E-state index contributed by atoms with van der Waals surface area (Å²) in [5.41, 5.74) is 0. The van der Waals surface area contributed by atoms with E-state index in [1.165, 1.54) is 19.3 Å². The molecule has 0 aliphatic carbocycles. The smallest absolute Gasteiger partial charge is 0.317 e. The van der Waals surface area contributed by atoms with E-state index in [-0.39, 0.29) is 12.1 Å². The van der Waals surface area contributed by atoms with E-state index in [0.717, 1.165) is 18.8 Å². The summed E-state index contributed by atoms with van der Waals surface area (Å²) < 4.78 is 10.9. The molecular weight excluding hydrogens is 282 g/mol. The molecule has 0 spiro atoms. The highest BCUT2D eigenvalue weighted by Gasteiger charge is 2.26. The first-order chi connectivity index (χ1) is 10.8. The molecule has 22 heavy (non-hydrogen) atoms. The van der Waals surface area contributed by atoms with Gasteiger partial charge >= 0.3 is 6.03 Å². The standard InChI is InChI=1S/C16H25N3O3/c20-16(19-8-11-21-12-9-19)17-13-14(15-5-4-10-22-15)18-6-2-1-3-7-18/h4-5,10,14H,1-3,6-9,11-13H2,(H,17,20)/t14-/m1/s1. The predicted octanol–water partition coefficient (Wildman–Crippen LogP) is 1.85. The maximum Gasteiger partial charge on any atom is 0.317 e. The molecule has 2 aliphatic heterocycles. The Hall–Kier alpha value is -1.53. The summed E-state index contributed by atoms with van der Waals surface area (Å²) in [7, 11) is 0. The average molecular weight is 307 g/mol. The summed E-state index contributed by atoms with van der Waals surface area (Å²) in [4.78, 5) is 16.5. The van der Waals surface area contributed by atoms with E-state index in [1.807, 2.05) is 17.0 Å². The lowest BCUT2D eigenvalue weighted by Gasteiger charge is -2.34. The van der Waals surface area contributed by atoms with Gasteiger partial charge in [0, 0.05) is 19.6 Å². The third kappa shape index (κ3) is 3.81. The number of carbonyl (C=O) groups excluding carboxylic acids is 1. The van der Waals surface area contributed by atoms with Gasteiger partial charge in [-0.15, -0.1) is 0 Å². The zero-order chi connectivity index (χ0) is 15.2. The molecule has 122 valence electrons. The number of hydrogen-bond donors (Lipinski definition) is 1. The number of morpholine rings is 1. The third-order valence-corrected chi connectivity index (χ3v) is 4.45. The monoisotopic (exact) mass is 307 g/mol. The van der Waals surface area contributed by atoms with E-state index < -0.39 is 0 Å². The number of amides is 2. The average Bonchev–Trinajstić information content (AvgIpc) is 3.11. The molecule has 0 aromatic carbocycles. The molecule has 6 heteroatoms. The molecule has 0 unspecified atom stereocenters. The predicted molar refractivity (Wildman–Crippen MR) is 82.7 cm³/mol. The van der Waals surface area contributed by atoms with Crippen molar-refractivity contribution in [2.45, 2.75) is 25.3 Å². The lowest BCUT2D eigenvalue weighted by molar-refractivity contribution is 0.0522. The van der Waals surface area contributed by atoms with Gasteiger partial charge in [-0.1, -0.05) is 6.42 Å². The summed E-state index contributed by atoms with van der Waals surface area (Å²) in [5, 5.41) is 3.07. The minimum atomic E-state index is -0.00290. The fourth-order valence-corrected chi connectivity index (χ4v) is 3.18. The van der Waals surface area contributed by atoms with E-state index in [1.54, 1.807) is 6.26 Å². The number of carbonyl (C=O) groups is 1. The molecule has 1 atom stereocenters. The fourth-order valence-electron chi connectivity index (χ4n) is 3.18. The lowest BCUT2D eigenvalue weighted by Crippen LogP contribution is -2.48. The molecule has 0 saturated carbocycles. The number of ether oxygens (including phenoxy) is 1. The zero-order valence-electron chi connectivity index (χ0n) is 13.0. The highest BCUT2D eigenvalue weighted by atomic mass is 16.5. The Bertz CT molecular complexity index is 451. The van der Waals surface area contributed by atoms with Crippen LogP contribution in [0.1, 0.15) is 31.1 Å². The first-order valence-electron chi connectivity index (χ1n) is 8.22. The van der Waals surface area contributed by atoms with Crippen molar-refractivity contribution < 1.29 is 13.9 Å². The molecule has 2 fully saturated rings. The highest BCUT2D eigenvalue weighted by Crippen LogP contribution is 2.24. The molecular formula is C16H25N3O3. The Kier molecular flexibility index (Phi) is 5.34. The van der Waals surface area contributed by atoms with Crippen LogP contribution in [0.3, 0.4) is 0 Å². The largest absolute Gasteiger partial charge is 0.468 e. The van der Waals surface area contributed by atoms with Gasteiger partial charge in [-0.3, -0.25) is 4.90 Å². The van der Waals surface area contributed by atoms with Crippen molar-refractivity contribution in [1.29, 1.82) is 0 Å². The molecule has 6 nitrogen and oxygen atoms in total. The van der Waals surface area contributed by atoms with Crippen LogP contribution in [-0.2, 0) is 4.74 Å². The van der Waals surface area contributed by atoms with Crippen molar-refractivity contribution in [3.05, 3.63) is 24.2 Å². The molecule has 0 radical (unpaired) electrons. The van der Waals surface area contributed by atoms with Gasteiger partial charge in [-0.05, 0) is 38.1 Å². The van der Waals surface area contributed by atoms with Gasteiger partial charge in [0.25, 0.3) is 0 Å². The summed E-state index contributed by atoms with van der Waals surface area (Å²) in [6.45, 7) is 5.31. The second-order valence-corrected chi connectivity index (χ2v) is 5.91. The Morgan fingerprint density at radius 2 is 1.95 bits per heavy atom. The second-order valence-electron chi connectivity index (χ2n) is 5.91. The van der Waals surface area contributed by atoms with E-state index in [4.69, 9.17) is 9.15 Å². The summed E-state index contributed by atoms with van der Waals surface area (Å²) >= 11 is 0. The van der Waals surface area contributed by atoms with Crippen molar-refractivity contribution in [3.8, 4) is 0 Å². The van der Waals surface area contributed by atoms with Crippen LogP contribution >= 0.6 is 0 Å². The molecule has 1 aromatic heterocycles. The first kappa shape index (κ1) is 15.4. The van der Waals surface area contributed by atoms with Crippen LogP contribution in [0.2, 0.25) is 0 Å².